The molecular formula is C17H17InN2O. The molecule has 0 spiro atoms. The van der Waals surface area contributed by atoms with Crippen molar-refractivity contribution in [2.45, 2.75) is 17.1 Å². The summed E-state index contributed by atoms with van der Waals surface area (Å²) < 4.78 is 3.71. The van der Waals surface area contributed by atoms with Gasteiger partial charge in [0.2, 0.25) is 0 Å². The van der Waals surface area contributed by atoms with Crippen LogP contribution in [0.2, 0.25) is 4.18 Å². The second-order valence-electron chi connectivity index (χ2n) is 5.21. The van der Waals surface area contributed by atoms with Crippen molar-refractivity contribution in [3.63, 3.8) is 0 Å². The third-order valence-electron chi connectivity index (χ3n) is 3.73. The van der Waals surface area contributed by atoms with E-state index in [0.29, 0.717) is 10.1 Å². The Hall–Kier alpha value is -1.55. The Morgan fingerprint density at radius 2 is 2.05 bits per heavy atom. The number of allylic oxidation sites excluding steroid dienone is 1. The van der Waals surface area contributed by atoms with Gasteiger partial charge in [0.1, 0.15) is 0 Å². The number of nitrogens with zero attached hydrogens (tertiary/aromatic N) is 1. The third kappa shape index (κ3) is 3.56. The molecule has 0 aliphatic carbocycles. The summed E-state index contributed by atoms with van der Waals surface area (Å²) in [7, 11) is 0. The van der Waals surface area contributed by atoms with Crippen molar-refractivity contribution in [3.05, 3.63) is 69.7 Å². The molecule has 1 aliphatic heterocycles. The Morgan fingerprint density at radius 3 is 2.81 bits per heavy atom. The Labute approximate surface area is 132 Å². The summed E-state index contributed by atoms with van der Waals surface area (Å²) in [5.74, 6) is 0.725. The van der Waals surface area contributed by atoms with Crippen LogP contribution in [0.3, 0.4) is 0 Å². The van der Waals surface area contributed by atoms with E-state index >= 15 is 0 Å². The Morgan fingerprint density at radius 1 is 1.19 bits per heavy atom. The second-order valence-corrected chi connectivity index (χ2v) is 12.9. The molecule has 0 radical (unpaired) electrons. The topological polar surface area (TPSA) is 42.0 Å². The van der Waals surface area contributed by atoms with Crippen LogP contribution in [0, 0.1) is 0 Å². The Bertz CT molecular complexity index is 655. The minimum absolute atomic E-state index is 0.370. The van der Waals surface area contributed by atoms with Crippen molar-refractivity contribution in [1.29, 1.82) is 0 Å². The second kappa shape index (κ2) is 6.94. The molecule has 2 heterocycles. The number of pyridine rings is 1. The first kappa shape index (κ1) is 14.4. The summed E-state index contributed by atoms with van der Waals surface area (Å²) >= 11 is -2.16. The van der Waals surface area contributed by atoms with Crippen molar-refractivity contribution in [3.8, 4) is 0 Å². The van der Waals surface area contributed by atoms with E-state index in [4.69, 9.17) is 0 Å². The monoisotopic (exact) mass is 380 g/mol. The van der Waals surface area contributed by atoms with Crippen LogP contribution in [-0.4, -0.2) is 30.0 Å². The van der Waals surface area contributed by atoms with Crippen molar-refractivity contribution < 1.29 is 4.79 Å². The number of carbonyl (C=O) groups is 1. The first-order valence-electron chi connectivity index (χ1n) is 7.28. The van der Waals surface area contributed by atoms with E-state index in [9.17, 15) is 4.79 Å². The number of aromatic nitrogens is 1. The third-order valence-corrected chi connectivity index (χ3v) is 11.4. The van der Waals surface area contributed by atoms with Crippen molar-refractivity contribution >= 4 is 30.8 Å². The van der Waals surface area contributed by atoms with Gasteiger partial charge in [-0.1, -0.05) is 0 Å². The van der Waals surface area contributed by atoms with Gasteiger partial charge in [-0.05, 0) is 0 Å². The molecule has 0 atom stereocenters. The van der Waals surface area contributed by atoms with Crippen molar-refractivity contribution in [2.75, 3.05) is 5.32 Å². The average Bonchev–Trinajstić information content (AvgIpc) is 3.08. The van der Waals surface area contributed by atoms with Crippen molar-refractivity contribution in [2.24, 2.45) is 0 Å². The van der Waals surface area contributed by atoms with Gasteiger partial charge in [0.25, 0.3) is 0 Å². The molecule has 0 fully saturated rings. The van der Waals surface area contributed by atoms with Gasteiger partial charge >= 0.3 is 133 Å². The predicted octanol–water partition coefficient (Wildman–Crippen LogP) is 3.41. The van der Waals surface area contributed by atoms with Crippen LogP contribution in [0.25, 0.3) is 0 Å². The molecule has 2 aromatic rings. The molecule has 104 valence electrons. The van der Waals surface area contributed by atoms with E-state index in [-0.39, 0.29) is 0 Å². The van der Waals surface area contributed by atoms with E-state index in [1.165, 1.54) is 5.56 Å². The first-order valence-corrected chi connectivity index (χ1v) is 13.2. The van der Waals surface area contributed by atoms with Gasteiger partial charge in [-0.2, -0.15) is 0 Å². The van der Waals surface area contributed by atoms with Crippen LogP contribution in [0.1, 0.15) is 22.3 Å². The van der Waals surface area contributed by atoms with E-state index < -0.39 is 21.4 Å². The van der Waals surface area contributed by atoms with E-state index in [1.54, 1.807) is 6.20 Å². The summed E-state index contributed by atoms with van der Waals surface area (Å²) in [5, 5.41) is 3.31. The molecule has 1 aliphatic rings. The number of carbonyl (C=O) groups excluding carboxylic acids is 1. The SMILES string of the molecule is O=[C](c1cccnc1NCc1ccccc1)[In]1[CH]=CC[CH2]1. The Kier molecular flexibility index (Phi) is 4.76. The minimum atomic E-state index is -2.16. The zero-order valence-corrected chi connectivity index (χ0v) is 15.1. The van der Waals surface area contributed by atoms with Crippen LogP contribution < -0.4 is 5.32 Å². The molecule has 21 heavy (non-hydrogen) atoms. The summed E-state index contributed by atoms with van der Waals surface area (Å²) in [6.07, 6.45) is 5.00. The first-order chi connectivity index (χ1) is 10.3. The van der Waals surface area contributed by atoms with Gasteiger partial charge in [-0.25, -0.2) is 0 Å². The van der Waals surface area contributed by atoms with Gasteiger partial charge in [0.05, 0.1) is 0 Å². The molecule has 0 bridgehead atoms. The fraction of sp³-hybridized carbons (Fsp3) is 0.176. The maximum absolute atomic E-state index is 12.6. The fourth-order valence-corrected chi connectivity index (χ4v) is 9.24. The summed E-state index contributed by atoms with van der Waals surface area (Å²) in [4.78, 5) is 17.0. The molecule has 1 aromatic heterocycles. The zero-order valence-electron chi connectivity index (χ0n) is 11.8. The number of rotatable bonds is 5. The van der Waals surface area contributed by atoms with Crippen LogP contribution in [-0.2, 0) is 6.54 Å². The fourth-order valence-electron chi connectivity index (χ4n) is 2.58. The summed E-state index contributed by atoms with van der Waals surface area (Å²) in [5.41, 5.74) is 1.96. The van der Waals surface area contributed by atoms with Crippen LogP contribution >= 0.6 is 0 Å². The Balaban J connectivity index is 1.76. The average molecular weight is 380 g/mol. The van der Waals surface area contributed by atoms with Gasteiger partial charge in [-0.3, -0.25) is 0 Å². The molecule has 1 aromatic carbocycles. The van der Waals surface area contributed by atoms with Crippen LogP contribution in [0.4, 0.5) is 5.82 Å². The normalized spacial score (nSPS) is 13.4. The van der Waals surface area contributed by atoms with Crippen LogP contribution in [0.5, 0.6) is 0 Å². The van der Waals surface area contributed by atoms with Gasteiger partial charge in [0.15, 0.2) is 0 Å². The number of hydrogen-bond acceptors (Lipinski definition) is 3. The van der Waals surface area contributed by atoms with E-state index in [1.807, 2.05) is 30.3 Å². The molecule has 4 heteroatoms. The summed E-state index contributed by atoms with van der Waals surface area (Å²) in [6, 6.07) is 13.9. The number of hydrogen-bond donors (Lipinski definition) is 1. The molecule has 0 unspecified atom stereocenters. The quantitative estimate of drug-likeness (QED) is 0.865. The van der Waals surface area contributed by atoms with Gasteiger partial charge < -0.3 is 0 Å². The van der Waals surface area contributed by atoms with Crippen LogP contribution in [0.15, 0.2) is 58.6 Å². The summed E-state index contributed by atoms with van der Waals surface area (Å²) in [6.45, 7) is 0.689. The molecule has 0 saturated carbocycles. The van der Waals surface area contributed by atoms with Crippen molar-refractivity contribution in [1.82, 2.24) is 4.98 Å². The number of nitrogens with one attached hydrogen (secondary N) is 1. The standard InChI is InChI=1S/C13H11N2O.C4H6.In/c16-10-12-7-4-8-14-13(12)15-9-11-5-2-1-3-6-11;1-3-4-2;/h1-8H,9H2,(H,14,15);1,3H,2,4H2;. The molecule has 3 nitrogen and oxygen atoms in total. The molecule has 1 N–H and O–H groups in total. The predicted molar refractivity (Wildman–Crippen MR) is 86.7 cm³/mol. The zero-order chi connectivity index (χ0) is 14.5. The van der Waals surface area contributed by atoms with E-state index in [0.717, 1.165) is 22.0 Å². The molecule has 0 saturated heterocycles. The van der Waals surface area contributed by atoms with Gasteiger partial charge in [0, 0.05) is 0 Å². The molecule has 3 rings (SSSR count). The molecule has 0 amide bonds. The van der Waals surface area contributed by atoms with Gasteiger partial charge in [-0.15, -0.1) is 0 Å². The number of benzene rings is 1. The maximum atomic E-state index is 12.6. The number of anilines is 1. The van der Waals surface area contributed by atoms with E-state index in [2.05, 4.69) is 32.3 Å². The molecular weight excluding hydrogens is 363 g/mol.